The van der Waals surface area contributed by atoms with E-state index in [1.165, 1.54) is 7.05 Å². The van der Waals surface area contributed by atoms with Gasteiger partial charge in [-0.2, -0.15) is 4.98 Å². The van der Waals surface area contributed by atoms with Gasteiger partial charge in [0.05, 0.1) is 24.9 Å². The van der Waals surface area contributed by atoms with Gasteiger partial charge < -0.3 is 34.9 Å². The smallest absolute Gasteiger partial charge is 0.293 e. The third-order valence-corrected chi connectivity index (χ3v) is 6.84. The zero-order valence-corrected chi connectivity index (χ0v) is 21.4. The minimum Gasteiger partial charge on any atom is -0.478 e. The minimum atomic E-state index is -0.313. The molecule has 2 fully saturated rings. The highest BCUT2D eigenvalue weighted by molar-refractivity contribution is 6.32. The molecule has 0 spiro atoms. The number of hydrogen-bond acceptors (Lipinski definition) is 9. The lowest BCUT2D eigenvalue weighted by Crippen LogP contribution is -2.44. The fraction of sp³-hybridized carbons (Fsp3) is 0.440. The molecule has 2 aliphatic heterocycles. The summed E-state index contributed by atoms with van der Waals surface area (Å²) < 4.78 is 12.6. The summed E-state index contributed by atoms with van der Waals surface area (Å²) in [6, 6.07) is 7.36. The van der Waals surface area contributed by atoms with E-state index in [4.69, 9.17) is 21.1 Å². The van der Waals surface area contributed by atoms with Gasteiger partial charge in [0.1, 0.15) is 5.02 Å². The molecule has 0 bridgehead atoms. The molecule has 0 atom stereocenters. The van der Waals surface area contributed by atoms with Crippen LogP contribution in [0, 0.1) is 5.92 Å². The summed E-state index contributed by atoms with van der Waals surface area (Å²) in [5, 5.41) is 10.3. The van der Waals surface area contributed by atoms with Gasteiger partial charge in [-0.1, -0.05) is 11.6 Å². The van der Waals surface area contributed by atoms with Gasteiger partial charge in [0.25, 0.3) is 11.5 Å². The molecule has 4 heterocycles. The number of carbonyl (C=O) groups is 1. The maximum atomic E-state index is 13.2. The predicted octanol–water partition coefficient (Wildman–Crippen LogP) is 1.76. The van der Waals surface area contributed by atoms with Crippen molar-refractivity contribution in [2.45, 2.75) is 13.0 Å². The van der Waals surface area contributed by atoms with Gasteiger partial charge in [-0.15, -0.1) is 0 Å². The highest BCUT2D eigenvalue weighted by Gasteiger charge is 2.20. The second kappa shape index (κ2) is 11.3. The number of amides is 1. The quantitative estimate of drug-likeness (QED) is 0.382. The first kappa shape index (κ1) is 25.2. The van der Waals surface area contributed by atoms with Crippen LogP contribution in [-0.4, -0.2) is 73.5 Å². The Labute approximate surface area is 219 Å². The summed E-state index contributed by atoms with van der Waals surface area (Å²) >= 11 is 6.42. The number of aromatic nitrogens is 3. The first-order valence-corrected chi connectivity index (χ1v) is 12.7. The van der Waals surface area contributed by atoms with Crippen molar-refractivity contribution in [2.75, 3.05) is 63.3 Å². The maximum Gasteiger partial charge on any atom is 0.293 e. The Morgan fingerprint density at radius 3 is 2.81 bits per heavy atom. The topological polar surface area (TPSA) is 123 Å². The van der Waals surface area contributed by atoms with E-state index in [2.05, 4.69) is 30.8 Å². The van der Waals surface area contributed by atoms with Crippen LogP contribution < -0.4 is 31.1 Å². The first-order chi connectivity index (χ1) is 18.0. The lowest BCUT2D eigenvalue weighted by Gasteiger charge is -2.27. The van der Waals surface area contributed by atoms with E-state index in [0.717, 1.165) is 49.2 Å². The molecule has 11 nitrogen and oxygen atoms in total. The van der Waals surface area contributed by atoms with E-state index >= 15 is 0 Å². The van der Waals surface area contributed by atoms with Crippen LogP contribution in [0.4, 0.5) is 17.5 Å². The van der Waals surface area contributed by atoms with Crippen molar-refractivity contribution in [3.8, 4) is 5.75 Å². The molecule has 3 aromatic rings. The maximum absolute atomic E-state index is 13.2. The van der Waals surface area contributed by atoms with E-state index in [1.807, 2.05) is 18.2 Å². The number of pyridine rings is 1. The molecule has 2 aromatic heterocycles. The largest absolute Gasteiger partial charge is 0.478 e. The van der Waals surface area contributed by atoms with Crippen LogP contribution in [0.1, 0.15) is 6.42 Å². The molecule has 1 amide bonds. The van der Waals surface area contributed by atoms with E-state index in [9.17, 15) is 9.59 Å². The average Bonchev–Trinajstić information content (AvgIpc) is 2.89. The zero-order chi connectivity index (χ0) is 25.8. The number of likely N-dealkylation sites (N-methyl/N-ethyl adjacent to an activating group) is 1. The molecule has 1 aromatic carbocycles. The van der Waals surface area contributed by atoms with Gasteiger partial charge in [-0.05, 0) is 30.7 Å². The molecular weight excluding hydrogens is 498 g/mol. The monoisotopic (exact) mass is 527 g/mol. The van der Waals surface area contributed by atoms with Crippen molar-refractivity contribution in [1.82, 2.24) is 25.2 Å². The molecule has 2 saturated heterocycles. The number of aryl methyl sites for hydroxylation is 1. The van der Waals surface area contributed by atoms with Crippen LogP contribution in [0.15, 0.2) is 35.3 Å². The molecule has 12 heteroatoms. The second-order valence-corrected chi connectivity index (χ2v) is 9.53. The van der Waals surface area contributed by atoms with Crippen molar-refractivity contribution < 1.29 is 14.3 Å². The Morgan fingerprint density at radius 2 is 2.08 bits per heavy atom. The number of nitrogens with zero attached hydrogens (tertiary/aromatic N) is 4. The highest BCUT2D eigenvalue weighted by atomic mass is 35.5. The summed E-state index contributed by atoms with van der Waals surface area (Å²) in [6.45, 7) is 5.10. The van der Waals surface area contributed by atoms with Gasteiger partial charge >= 0.3 is 0 Å². The average molecular weight is 528 g/mol. The summed E-state index contributed by atoms with van der Waals surface area (Å²) in [5.74, 6) is 1.36. The van der Waals surface area contributed by atoms with Gasteiger partial charge in [-0.3, -0.25) is 9.59 Å². The van der Waals surface area contributed by atoms with Gasteiger partial charge in [-0.25, -0.2) is 4.98 Å². The summed E-state index contributed by atoms with van der Waals surface area (Å²) in [4.78, 5) is 36.1. The fourth-order valence-corrected chi connectivity index (χ4v) is 4.48. The second-order valence-electron chi connectivity index (χ2n) is 9.12. The molecule has 196 valence electrons. The molecule has 0 aliphatic carbocycles. The molecule has 37 heavy (non-hydrogen) atoms. The number of ether oxygens (including phenoxy) is 2. The lowest BCUT2D eigenvalue weighted by molar-refractivity contribution is -0.122. The van der Waals surface area contributed by atoms with E-state index < -0.39 is 0 Å². The van der Waals surface area contributed by atoms with E-state index in [0.29, 0.717) is 42.5 Å². The number of benzene rings is 1. The van der Waals surface area contributed by atoms with Crippen molar-refractivity contribution in [3.63, 3.8) is 0 Å². The molecule has 5 rings (SSSR count). The number of hydrogen-bond donors (Lipinski definition) is 3. The van der Waals surface area contributed by atoms with Gasteiger partial charge in [0, 0.05) is 56.8 Å². The highest BCUT2D eigenvalue weighted by Crippen LogP contribution is 2.28. The van der Waals surface area contributed by atoms with Crippen LogP contribution in [0.2, 0.25) is 5.02 Å². The first-order valence-electron chi connectivity index (χ1n) is 12.4. The number of anilines is 3. The fourth-order valence-electron chi connectivity index (χ4n) is 4.34. The lowest BCUT2D eigenvalue weighted by atomic mass is 10.0. The van der Waals surface area contributed by atoms with Crippen LogP contribution in [0.25, 0.3) is 10.9 Å². The summed E-state index contributed by atoms with van der Waals surface area (Å²) in [6.07, 6.45) is 2.42. The Bertz CT molecular complexity index is 1340. The van der Waals surface area contributed by atoms with Gasteiger partial charge in [0.2, 0.25) is 5.95 Å². The standard InChI is InChI=1S/C25H30ClN7O4/c1-27-22(34)15-37-21-11-17-10-18(2-3-20(17)33(24(21)35)7-4-16-13-36-14-16)30-23-19(26)12-29-25(31-23)32-8-5-28-6-9-32/h2-3,10-12,16,28H,4-9,13-15H2,1H3,(H,27,34)(H,29,30,31). The summed E-state index contributed by atoms with van der Waals surface area (Å²) in [5.41, 5.74) is 1.25. The molecule has 0 radical (unpaired) electrons. The number of rotatable bonds is 9. The van der Waals surface area contributed by atoms with Crippen molar-refractivity contribution in [2.24, 2.45) is 5.92 Å². The Hall–Kier alpha value is -3.41. The van der Waals surface area contributed by atoms with Crippen LogP contribution in [0.5, 0.6) is 5.75 Å². The van der Waals surface area contributed by atoms with Crippen molar-refractivity contribution >= 4 is 45.9 Å². The van der Waals surface area contributed by atoms with Crippen LogP contribution in [-0.2, 0) is 16.1 Å². The van der Waals surface area contributed by atoms with E-state index in [1.54, 1.807) is 16.8 Å². The molecule has 2 aliphatic rings. The zero-order valence-electron chi connectivity index (χ0n) is 20.6. The molecule has 0 saturated carbocycles. The van der Waals surface area contributed by atoms with Crippen LogP contribution in [0.3, 0.4) is 0 Å². The van der Waals surface area contributed by atoms with Crippen molar-refractivity contribution in [1.29, 1.82) is 0 Å². The normalized spacial score (nSPS) is 15.9. The Kier molecular flexibility index (Phi) is 7.73. The third kappa shape index (κ3) is 5.79. The number of piperazine rings is 1. The number of carbonyl (C=O) groups excluding carboxylic acids is 1. The number of nitrogens with one attached hydrogen (secondary N) is 3. The summed E-state index contributed by atoms with van der Waals surface area (Å²) in [7, 11) is 1.52. The minimum absolute atomic E-state index is 0.124. The van der Waals surface area contributed by atoms with E-state index in [-0.39, 0.29) is 23.8 Å². The third-order valence-electron chi connectivity index (χ3n) is 6.56. The molecular formula is C25H30ClN7O4. The Morgan fingerprint density at radius 1 is 1.27 bits per heavy atom. The van der Waals surface area contributed by atoms with Crippen molar-refractivity contribution in [3.05, 3.63) is 45.8 Å². The molecule has 0 unspecified atom stereocenters. The predicted molar refractivity (Wildman–Crippen MR) is 142 cm³/mol. The molecule has 3 N–H and O–H groups in total. The van der Waals surface area contributed by atoms with Crippen LogP contribution >= 0.6 is 11.6 Å². The van der Waals surface area contributed by atoms with Gasteiger partial charge in [0.15, 0.2) is 18.2 Å². The SMILES string of the molecule is CNC(=O)COc1cc2cc(Nc3nc(N4CCNCC4)ncc3Cl)ccc2n(CCC2COC2)c1=O. The number of fused-ring (bicyclic) bond motifs is 1. The Balaban J connectivity index is 1.45. The number of halogens is 1.